The molecule has 3 aliphatic rings. The number of alkyl halides is 3. The third-order valence-electron chi connectivity index (χ3n) is 5.81. The summed E-state index contributed by atoms with van der Waals surface area (Å²) in [7, 11) is 0. The number of amides is 1. The third-order valence-corrected chi connectivity index (χ3v) is 5.81. The SMILES string of the molecule is Fc1cnc(C(F)(F)F)cc1-c1cc2n(n1)CCC2.NC(=O)C1CC2(CC2)C1. The average molecular weight is 396 g/mol. The Bertz CT molecular complexity index is 888. The smallest absolute Gasteiger partial charge is 0.369 e. The van der Waals surface area contributed by atoms with E-state index in [1.807, 2.05) is 0 Å². The van der Waals surface area contributed by atoms with Crippen molar-refractivity contribution in [3.63, 3.8) is 0 Å². The first-order valence-corrected chi connectivity index (χ1v) is 9.26. The summed E-state index contributed by atoms with van der Waals surface area (Å²) in [6.07, 6.45) is 2.62. The molecule has 2 saturated carbocycles. The van der Waals surface area contributed by atoms with Crippen LogP contribution in [-0.2, 0) is 23.9 Å². The van der Waals surface area contributed by atoms with Crippen molar-refractivity contribution >= 4 is 5.91 Å². The number of hydrogen-bond donors (Lipinski definition) is 1. The molecular formula is C19H20F4N4O. The Morgan fingerprint density at radius 1 is 1.25 bits per heavy atom. The van der Waals surface area contributed by atoms with Crippen LogP contribution in [0.2, 0.25) is 0 Å². The lowest BCUT2D eigenvalue weighted by atomic mass is 9.71. The van der Waals surface area contributed by atoms with Gasteiger partial charge in [0.2, 0.25) is 5.91 Å². The lowest BCUT2D eigenvalue weighted by Gasteiger charge is -2.33. The molecule has 1 spiro atoms. The van der Waals surface area contributed by atoms with E-state index in [-0.39, 0.29) is 23.1 Å². The zero-order valence-electron chi connectivity index (χ0n) is 15.1. The minimum absolute atomic E-state index is 0.0903. The lowest BCUT2D eigenvalue weighted by molar-refractivity contribution is -0.141. The van der Waals surface area contributed by atoms with Gasteiger partial charge in [0.1, 0.15) is 5.69 Å². The second-order valence-electron chi connectivity index (χ2n) is 7.90. The van der Waals surface area contributed by atoms with Crippen molar-refractivity contribution < 1.29 is 22.4 Å². The zero-order chi connectivity index (χ0) is 20.1. The van der Waals surface area contributed by atoms with Gasteiger partial charge in [-0.25, -0.2) is 9.37 Å². The number of pyridine rings is 1. The zero-order valence-corrected chi connectivity index (χ0v) is 15.1. The molecule has 2 fully saturated rings. The molecule has 2 N–H and O–H groups in total. The number of primary amides is 1. The molecule has 150 valence electrons. The summed E-state index contributed by atoms with van der Waals surface area (Å²) in [5.74, 6) is -0.662. The van der Waals surface area contributed by atoms with Gasteiger partial charge in [0.15, 0.2) is 5.82 Å². The summed E-state index contributed by atoms with van der Waals surface area (Å²) >= 11 is 0. The van der Waals surface area contributed by atoms with Crippen LogP contribution in [0.3, 0.4) is 0 Å². The fraction of sp³-hybridized carbons (Fsp3) is 0.526. The number of aryl methyl sites for hydroxylation is 2. The molecule has 2 aromatic rings. The number of nitrogens with zero attached hydrogens (tertiary/aromatic N) is 3. The van der Waals surface area contributed by atoms with Gasteiger partial charge in [-0.05, 0) is 56.1 Å². The van der Waals surface area contributed by atoms with Gasteiger partial charge < -0.3 is 5.73 Å². The van der Waals surface area contributed by atoms with Crippen LogP contribution in [0.1, 0.15) is 43.5 Å². The highest BCUT2D eigenvalue weighted by Crippen LogP contribution is 2.63. The van der Waals surface area contributed by atoms with Crippen LogP contribution < -0.4 is 5.73 Å². The highest BCUT2D eigenvalue weighted by Gasteiger charge is 2.54. The predicted molar refractivity (Wildman–Crippen MR) is 92.3 cm³/mol. The molecule has 9 heteroatoms. The second-order valence-corrected chi connectivity index (χ2v) is 7.90. The van der Waals surface area contributed by atoms with Crippen LogP contribution >= 0.6 is 0 Å². The molecule has 0 aromatic carbocycles. The van der Waals surface area contributed by atoms with E-state index >= 15 is 0 Å². The Hall–Kier alpha value is -2.45. The number of fused-ring (bicyclic) bond motifs is 1. The van der Waals surface area contributed by atoms with Crippen molar-refractivity contribution in [2.45, 2.75) is 51.2 Å². The summed E-state index contributed by atoms with van der Waals surface area (Å²) in [5.41, 5.74) is 5.59. The third kappa shape index (κ3) is 3.62. The number of aromatic nitrogens is 3. The molecule has 3 heterocycles. The van der Waals surface area contributed by atoms with Crippen molar-refractivity contribution in [2.75, 3.05) is 0 Å². The van der Waals surface area contributed by atoms with E-state index in [2.05, 4.69) is 10.1 Å². The molecule has 0 saturated heterocycles. The van der Waals surface area contributed by atoms with Crippen LogP contribution in [0, 0.1) is 17.2 Å². The van der Waals surface area contributed by atoms with E-state index in [9.17, 15) is 22.4 Å². The quantitative estimate of drug-likeness (QED) is 0.787. The van der Waals surface area contributed by atoms with Gasteiger partial charge in [0.25, 0.3) is 0 Å². The summed E-state index contributed by atoms with van der Waals surface area (Å²) in [6, 6.07) is 2.33. The lowest BCUT2D eigenvalue weighted by Crippen LogP contribution is -2.35. The maximum Gasteiger partial charge on any atom is 0.433 e. The number of rotatable bonds is 2. The van der Waals surface area contributed by atoms with Crippen LogP contribution in [-0.4, -0.2) is 20.7 Å². The van der Waals surface area contributed by atoms with E-state index < -0.39 is 17.7 Å². The Kier molecular flexibility index (Phi) is 4.43. The summed E-state index contributed by atoms with van der Waals surface area (Å²) in [6.45, 7) is 0.716. The molecule has 28 heavy (non-hydrogen) atoms. The van der Waals surface area contributed by atoms with Gasteiger partial charge in [-0.15, -0.1) is 0 Å². The Morgan fingerprint density at radius 3 is 2.54 bits per heavy atom. The largest absolute Gasteiger partial charge is 0.433 e. The minimum atomic E-state index is -4.59. The first-order chi connectivity index (χ1) is 13.2. The van der Waals surface area contributed by atoms with Crippen LogP contribution in [0.15, 0.2) is 18.3 Å². The average Bonchev–Trinajstić information content (AvgIpc) is 3.11. The van der Waals surface area contributed by atoms with Gasteiger partial charge >= 0.3 is 6.18 Å². The molecule has 2 aliphatic carbocycles. The monoisotopic (exact) mass is 396 g/mol. The van der Waals surface area contributed by atoms with Crippen molar-refractivity contribution in [1.29, 1.82) is 0 Å². The molecule has 5 nitrogen and oxygen atoms in total. The molecule has 1 aliphatic heterocycles. The van der Waals surface area contributed by atoms with E-state index in [1.54, 1.807) is 10.7 Å². The summed E-state index contributed by atoms with van der Waals surface area (Å²) in [4.78, 5) is 13.6. The molecule has 0 bridgehead atoms. The molecular weight excluding hydrogens is 376 g/mol. The molecule has 0 atom stereocenters. The van der Waals surface area contributed by atoms with Gasteiger partial charge in [-0.1, -0.05) is 0 Å². The molecule has 0 radical (unpaired) electrons. The fourth-order valence-corrected chi connectivity index (χ4v) is 3.95. The number of carbonyl (C=O) groups is 1. The number of hydrogen-bond acceptors (Lipinski definition) is 3. The molecule has 0 unspecified atom stereocenters. The van der Waals surface area contributed by atoms with E-state index in [0.717, 1.165) is 31.4 Å². The normalized spacial score (nSPS) is 19.6. The van der Waals surface area contributed by atoms with Crippen molar-refractivity contribution in [3.8, 4) is 11.3 Å². The first-order valence-electron chi connectivity index (χ1n) is 9.26. The number of nitrogens with two attached hydrogens (primary N) is 1. The van der Waals surface area contributed by atoms with Crippen LogP contribution in [0.4, 0.5) is 17.6 Å². The Morgan fingerprint density at radius 2 is 1.96 bits per heavy atom. The van der Waals surface area contributed by atoms with Gasteiger partial charge in [-0.2, -0.15) is 18.3 Å². The number of halogens is 4. The molecule has 2 aromatic heterocycles. The van der Waals surface area contributed by atoms with E-state index in [1.165, 1.54) is 12.8 Å². The molecule has 5 rings (SSSR count). The highest BCUT2D eigenvalue weighted by molar-refractivity contribution is 5.78. The topological polar surface area (TPSA) is 73.8 Å². The Balaban J connectivity index is 0.000000177. The minimum Gasteiger partial charge on any atom is -0.369 e. The summed E-state index contributed by atoms with van der Waals surface area (Å²) in [5, 5.41) is 4.13. The predicted octanol–water partition coefficient (Wildman–Crippen LogP) is 3.71. The van der Waals surface area contributed by atoms with E-state index in [0.29, 0.717) is 24.2 Å². The van der Waals surface area contributed by atoms with Crippen molar-refractivity contribution in [1.82, 2.24) is 14.8 Å². The van der Waals surface area contributed by atoms with E-state index in [4.69, 9.17) is 5.73 Å². The first kappa shape index (κ1) is 18.9. The van der Waals surface area contributed by atoms with Crippen LogP contribution in [0.5, 0.6) is 0 Å². The second kappa shape index (κ2) is 6.56. The van der Waals surface area contributed by atoms with Crippen LogP contribution in [0.25, 0.3) is 11.3 Å². The standard InChI is InChI=1S/C12H9F4N3.C7H11NO/c13-9-6-17-11(12(14,15)16)5-8(9)10-4-7-2-1-3-19(7)18-10;8-6(9)5-3-7(4-5)1-2-7/h4-6H,1-3H2;5H,1-4H2,(H2,8,9). The maximum atomic E-state index is 13.6. The highest BCUT2D eigenvalue weighted by atomic mass is 19.4. The van der Waals surface area contributed by atoms with Crippen molar-refractivity contribution in [3.05, 3.63) is 35.5 Å². The van der Waals surface area contributed by atoms with Gasteiger partial charge in [-0.3, -0.25) is 9.48 Å². The summed E-state index contributed by atoms with van der Waals surface area (Å²) < 4.78 is 53.0. The van der Waals surface area contributed by atoms with Gasteiger partial charge in [0, 0.05) is 23.7 Å². The Labute approximate surface area is 158 Å². The van der Waals surface area contributed by atoms with Crippen molar-refractivity contribution in [2.24, 2.45) is 17.1 Å². The maximum absolute atomic E-state index is 13.6. The van der Waals surface area contributed by atoms with Gasteiger partial charge in [0.05, 0.1) is 11.9 Å². The fourth-order valence-electron chi connectivity index (χ4n) is 3.95. The number of carbonyl (C=O) groups excluding carboxylic acids is 1. The molecule has 1 amide bonds.